The van der Waals surface area contributed by atoms with Crippen LogP contribution < -0.4 is 5.32 Å². The number of alkyl halides is 3. The van der Waals surface area contributed by atoms with Crippen LogP contribution in [0.5, 0.6) is 0 Å². The van der Waals surface area contributed by atoms with Gasteiger partial charge >= 0.3 is 5.51 Å². The number of para-hydroxylation sites is 1. The molecule has 1 N–H and O–H groups in total. The molecular formula is C16H22F3NS. The van der Waals surface area contributed by atoms with E-state index in [1.54, 1.807) is 18.2 Å². The maximum Gasteiger partial charge on any atom is 0.446 e. The second-order valence-electron chi connectivity index (χ2n) is 6.04. The van der Waals surface area contributed by atoms with Crippen molar-refractivity contribution in [2.24, 2.45) is 11.8 Å². The second kappa shape index (κ2) is 6.95. The molecule has 0 aliphatic heterocycles. The number of hydrogen-bond donors (Lipinski definition) is 1. The molecule has 1 aliphatic carbocycles. The van der Waals surface area contributed by atoms with E-state index < -0.39 is 5.51 Å². The highest BCUT2D eigenvalue weighted by Gasteiger charge is 2.31. The molecule has 1 aliphatic rings. The molecule has 1 aromatic rings. The third-order valence-corrected chi connectivity index (χ3v) is 4.99. The zero-order valence-electron chi connectivity index (χ0n) is 12.4. The van der Waals surface area contributed by atoms with E-state index in [1.807, 2.05) is 0 Å². The highest BCUT2D eigenvalue weighted by atomic mass is 32.2. The fourth-order valence-electron chi connectivity index (χ4n) is 2.95. The zero-order chi connectivity index (χ0) is 15.5. The topological polar surface area (TPSA) is 12.0 Å². The quantitative estimate of drug-likeness (QED) is 0.691. The second-order valence-corrected chi connectivity index (χ2v) is 7.15. The molecule has 1 saturated carbocycles. The van der Waals surface area contributed by atoms with Crippen LogP contribution in [-0.4, -0.2) is 11.6 Å². The number of rotatable bonds is 4. The normalized spacial score (nSPS) is 23.3. The molecule has 1 nitrogen and oxygen atoms in total. The van der Waals surface area contributed by atoms with Crippen molar-refractivity contribution in [1.29, 1.82) is 0 Å². The summed E-state index contributed by atoms with van der Waals surface area (Å²) >= 11 is -0.0411. The van der Waals surface area contributed by atoms with Gasteiger partial charge in [0.25, 0.3) is 0 Å². The average molecular weight is 317 g/mol. The molecule has 21 heavy (non-hydrogen) atoms. The first-order valence-corrected chi connectivity index (χ1v) is 8.28. The Bertz CT molecular complexity index is 451. The molecule has 0 saturated heterocycles. The lowest BCUT2D eigenvalue weighted by atomic mass is 9.79. The van der Waals surface area contributed by atoms with Gasteiger partial charge in [-0.15, -0.1) is 0 Å². The van der Waals surface area contributed by atoms with Gasteiger partial charge in [0, 0.05) is 16.6 Å². The van der Waals surface area contributed by atoms with Crippen LogP contribution in [0.2, 0.25) is 0 Å². The van der Waals surface area contributed by atoms with Crippen molar-refractivity contribution in [2.75, 3.05) is 5.32 Å². The number of thioether (sulfide) groups is 1. The van der Waals surface area contributed by atoms with E-state index >= 15 is 0 Å². The van der Waals surface area contributed by atoms with Gasteiger partial charge in [0.1, 0.15) is 0 Å². The standard InChI is InChI=1S/C16H22F3NS/c1-11(2)12-7-9-13(10-8-12)20-14-5-3-4-6-15(14)21-16(17,18)19/h3-6,11-13,20H,7-10H2,1-2H3. The molecule has 1 aromatic carbocycles. The fourth-order valence-corrected chi connectivity index (χ4v) is 3.58. The lowest BCUT2D eigenvalue weighted by molar-refractivity contribution is -0.0327. The summed E-state index contributed by atoms with van der Waals surface area (Å²) < 4.78 is 37.7. The molecule has 0 atom stereocenters. The average Bonchev–Trinajstić information content (AvgIpc) is 2.40. The molecule has 0 spiro atoms. The monoisotopic (exact) mass is 317 g/mol. The maximum absolute atomic E-state index is 12.6. The molecular weight excluding hydrogens is 295 g/mol. The van der Waals surface area contributed by atoms with E-state index in [1.165, 1.54) is 6.07 Å². The molecule has 0 amide bonds. The first kappa shape index (κ1) is 16.5. The van der Waals surface area contributed by atoms with Crippen molar-refractivity contribution >= 4 is 17.4 Å². The number of halogens is 3. The van der Waals surface area contributed by atoms with E-state index in [9.17, 15) is 13.2 Å². The first-order valence-electron chi connectivity index (χ1n) is 7.46. The predicted molar refractivity (Wildman–Crippen MR) is 82.6 cm³/mol. The van der Waals surface area contributed by atoms with E-state index in [2.05, 4.69) is 19.2 Å². The maximum atomic E-state index is 12.6. The van der Waals surface area contributed by atoms with Gasteiger partial charge in [0.2, 0.25) is 0 Å². The summed E-state index contributed by atoms with van der Waals surface area (Å²) in [4.78, 5) is 0.260. The molecule has 0 bridgehead atoms. The lowest BCUT2D eigenvalue weighted by Crippen LogP contribution is -2.28. The minimum atomic E-state index is -4.24. The number of anilines is 1. The summed E-state index contributed by atoms with van der Waals surface area (Å²) in [5, 5.41) is 3.31. The molecule has 118 valence electrons. The largest absolute Gasteiger partial charge is 0.446 e. The fraction of sp³-hybridized carbons (Fsp3) is 0.625. The van der Waals surface area contributed by atoms with Gasteiger partial charge < -0.3 is 5.32 Å². The summed E-state index contributed by atoms with van der Waals surface area (Å²) in [5.41, 5.74) is -3.64. The minimum Gasteiger partial charge on any atom is -0.381 e. The van der Waals surface area contributed by atoms with Crippen LogP contribution in [0.3, 0.4) is 0 Å². The van der Waals surface area contributed by atoms with Crippen molar-refractivity contribution in [3.8, 4) is 0 Å². The van der Waals surface area contributed by atoms with Crippen LogP contribution in [0, 0.1) is 11.8 Å². The van der Waals surface area contributed by atoms with E-state index in [0.717, 1.165) is 31.6 Å². The Morgan fingerprint density at radius 1 is 1.10 bits per heavy atom. The van der Waals surface area contributed by atoms with Crippen LogP contribution in [0.1, 0.15) is 39.5 Å². The van der Waals surface area contributed by atoms with Gasteiger partial charge in [-0.3, -0.25) is 0 Å². The van der Waals surface area contributed by atoms with Crippen LogP contribution >= 0.6 is 11.8 Å². The summed E-state index contributed by atoms with van der Waals surface area (Å²) in [6, 6.07) is 6.98. The lowest BCUT2D eigenvalue weighted by Gasteiger charge is -2.32. The zero-order valence-corrected chi connectivity index (χ0v) is 13.2. The molecule has 0 aromatic heterocycles. The van der Waals surface area contributed by atoms with Gasteiger partial charge in [0.05, 0.1) is 0 Å². The SMILES string of the molecule is CC(C)C1CCC(Nc2ccccc2SC(F)(F)F)CC1. The van der Waals surface area contributed by atoms with Crippen molar-refractivity contribution in [1.82, 2.24) is 0 Å². The summed E-state index contributed by atoms with van der Waals surface area (Å²) in [5.74, 6) is 1.45. The summed E-state index contributed by atoms with van der Waals surface area (Å²) in [6.07, 6.45) is 4.38. The number of hydrogen-bond acceptors (Lipinski definition) is 2. The molecule has 5 heteroatoms. The Morgan fingerprint density at radius 3 is 2.29 bits per heavy atom. The third kappa shape index (κ3) is 5.13. The van der Waals surface area contributed by atoms with Gasteiger partial charge in [0.15, 0.2) is 0 Å². The Balaban J connectivity index is 1.98. The number of benzene rings is 1. The van der Waals surface area contributed by atoms with Gasteiger partial charge in [-0.05, 0) is 61.4 Å². The van der Waals surface area contributed by atoms with Gasteiger partial charge in [-0.1, -0.05) is 26.0 Å². The molecule has 0 radical (unpaired) electrons. The summed E-state index contributed by atoms with van der Waals surface area (Å²) in [6.45, 7) is 4.49. The highest BCUT2D eigenvalue weighted by molar-refractivity contribution is 8.00. The molecule has 0 heterocycles. The Hall–Kier alpha value is -0.840. The number of nitrogens with one attached hydrogen (secondary N) is 1. The van der Waals surface area contributed by atoms with Crippen molar-refractivity contribution in [3.05, 3.63) is 24.3 Å². The van der Waals surface area contributed by atoms with Crippen LogP contribution in [-0.2, 0) is 0 Å². The van der Waals surface area contributed by atoms with E-state index in [4.69, 9.17) is 0 Å². The molecule has 2 rings (SSSR count). The Morgan fingerprint density at radius 2 is 1.71 bits per heavy atom. The smallest absolute Gasteiger partial charge is 0.381 e. The van der Waals surface area contributed by atoms with Crippen LogP contribution in [0.15, 0.2) is 29.2 Å². The van der Waals surface area contributed by atoms with Gasteiger partial charge in [-0.25, -0.2) is 0 Å². The highest BCUT2D eigenvalue weighted by Crippen LogP contribution is 2.41. The summed E-state index contributed by atoms with van der Waals surface area (Å²) in [7, 11) is 0. The van der Waals surface area contributed by atoms with Crippen LogP contribution in [0.25, 0.3) is 0 Å². The Labute approximate surface area is 128 Å². The molecule has 0 unspecified atom stereocenters. The Kier molecular flexibility index (Phi) is 5.47. The van der Waals surface area contributed by atoms with Gasteiger partial charge in [-0.2, -0.15) is 13.2 Å². The van der Waals surface area contributed by atoms with E-state index in [0.29, 0.717) is 11.6 Å². The minimum absolute atomic E-state index is 0.0411. The predicted octanol–water partition coefficient (Wildman–Crippen LogP) is 5.93. The van der Waals surface area contributed by atoms with E-state index in [-0.39, 0.29) is 22.7 Å². The first-order chi connectivity index (χ1) is 9.85. The third-order valence-electron chi connectivity index (χ3n) is 4.19. The van der Waals surface area contributed by atoms with Crippen molar-refractivity contribution in [3.63, 3.8) is 0 Å². The van der Waals surface area contributed by atoms with Crippen molar-refractivity contribution in [2.45, 2.75) is 56.0 Å². The van der Waals surface area contributed by atoms with Crippen LogP contribution in [0.4, 0.5) is 18.9 Å². The van der Waals surface area contributed by atoms with Crippen molar-refractivity contribution < 1.29 is 13.2 Å². The molecule has 1 fully saturated rings.